The topological polar surface area (TPSA) is 88.8 Å². The van der Waals surface area contributed by atoms with Gasteiger partial charge in [0.25, 0.3) is 5.91 Å². The second-order valence-corrected chi connectivity index (χ2v) is 6.53. The number of nitrogens with one attached hydrogen (secondary N) is 1. The molecule has 1 unspecified atom stereocenters. The minimum Gasteiger partial charge on any atom is -0.364 e. The summed E-state index contributed by atoms with van der Waals surface area (Å²) < 4.78 is 39.5. The van der Waals surface area contributed by atoms with Gasteiger partial charge in [-0.25, -0.2) is 0 Å². The number of alkyl halides is 3. The van der Waals surface area contributed by atoms with Crippen molar-refractivity contribution >= 4 is 16.8 Å². The molecule has 3 rings (SSSR count). The average Bonchev–Trinajstić information content (AvgIpc) is 2.90. The Kier molecular flexibility index (Phi) is 3.65. The van der Waals surface area contributed by atoms with Crippen LogP contribution in [0, 0.1) is 5.41 Å². The lowest BCUT2D eigenvalue weighted by atomic mass is 9.86. The van der Waals surface area contributed by atoms with Gasteiger partial charge in [0, 0.05) is 18.0 Å². The number of nitrogens with zero attached hydrogens (tertiary/aromatic N) is 1. The van der Waals surface area contributed by atoms with Crippen LogP contribution in [0.5, 0.6) is 0 Å². The summed E-state index contributed by atoms with van der Waals surface area (Å²) >= 11 is 0. The first kappa shape index (κ1) is 16.5. The number of amides is 1. The van der Waals surface area contributed by atoms with Gasteiger partial charge in [-0.15, -0.1) is 0 Å². The van der Waals surface area contributed by atoms with Gasteiger partial charge in [-0.05, 0) is 31.2 Å². The second kappa shape index (κ2) is 5.32. The molecule has 0 aromatic carbocycles. The molecule has 2 aromatic heterocycles. The fourth-order valence-corrected chi connectivity index (χ4v) is 3.39. The number of H-pyrrole nitrogens is 1. The third kappa shape index (κ3) is 2.55. The first-order valence-corrected chi connectivity index (χ1v) is 7.51. The SMILES string of the molecule is C[C@@]1(C(F)(F)F)CCC(c2cc(=O)c3c(C(N)=O)nccc3[nH]2)C1. The molecule has 1 saturated carbocycles. The number of fused-ring (bicyclic) bond motifs is 1. The van der Waals surface area contributed by atoms with Crippen LogP contribution in [0.4, 0.5) is 13.2 Å². The summed E-state index contributed by atoms with van der Waals surface area (Å²) in [5.41, 5.74) is 3.64. The maximum Gasteiger partial charge on any atom is 0.394 e. The summed E-state index contributed by atoms with van der Waals surface area (Å²) in [6.07, 6.45) is -2.67. The highest BCUT2D eigenvalue weighted by Gasteiger charge is 2.54. The average molecular weight is 339 g/mol. The molecule has 0 aliphatic heterocycles. The standard InChI is InChI=1S/C16H16F3N3O2/c1-15(16(17,18)19)4-2-8(7-15)10-6-11(23)12-9(22-10)3-5-21-13(12)14(20)24/h3,5-6,8H,2,4,7H2,1H3,(H2,20,24)(H,22,23)/t8?,15-/m1/s1. The molecule has 1 amide bonds. The fourth-order valence-electron chi connectivity index (χ4n) is 3.39. The van der Waals surface area contributed by atoms with Crippen LogP contribution >= 0.6 is 0 Å². The van der Waals surface area contributed by atoms with Crippen LogP contribution in [0.3, 0.4) is 0 Å². The Morgan fingerprint density at radius 3 is 2.75 bits per heavy atom. The minimum atomic E-state index is -4.28. The molecule has 1 aliphatic rings. The van der Waals surface area contributed by atoms with Crippen molar-refractivity contribution in [3.63, 3.8) is 0 Å². The molecular weight excluding hydrogens is 323 g/mol. The second-order valence-electron chi connectivity index (χ2n) is 6.53. The molecular formula is C16H16F3N3O2. The highest BCUT2D eigenvalue weighted by atomic mass is 19.4. The zero-order valence-corrected chi connectivity index (χ0v) is 12.9. The molecule has 0 radical (unpaired) electrons. The van der Waals surface area contributed by atoms with E-state index in [2.05, 4.69) is 9.97 Å². The van der Waals surface area contributed by atoms with Crippen molar-refractivity contribution in [1.29, 1.82) is 0 Å². The number of aromatic amines is 1. The van der Waals surface area contributed by atoms with E-state index in [4.69, 9.17) is 5.73 Å². The summed E-state index contributed by atoms with van der Waals surface area (Å²) in [5, 5.41) is 0.0605. The molecule has 1 fully saturated rings. The van der Waals surface area contributed by atoms with Crippen molar-refractivity contribution in [3.05, 3.63) is 39.9 Å². The van der Waals surface area contributed by atoms with Crippen LogP contribution in [0.15, 0.2) is 23.1 Å². The lowest BCUT2D eigenvalue weighted by Crippen LogP contribution is -2.32. The first-order chi connectivity index (χ1) is 11.1. The zero-order chi connectivity index (χ0) is 17.7. The van der Waals surface area contributed by atoms with Crippen LogP contribution in [0.1, 0.15) is 48.3 Å². The molecule has 2 aromatic rings. The van der Waals surface area contributed by atoms with Gasteiger partial charge in [0.15, 0.2) is 5.43 Å². The smallest absolute Gasteiger partial charge is 0.364 e. The molecule has 1 aliphatic carbocycles. The lowest BCUT2D eigenvalue weighted by Gasteiger charge is -2.27. The van der Waals surface area contributed by atoms with Crippen LogP contribution in [-0.2, 0) is 0 Å². The van der Waals surface area contributed by atoms with Gasteiger partial charge in [0.05, 0.1) is 16.3 Å². The van der Waals surface area contributed by atoms with Gasteiger partial charge in [0.2, 0.25) is 0 Å². The molecule has 2 heterocycles. The van der Waals surface area contributed by atoms with E-state index < -0.39 is 22.9 Å². The normalized spacial score (nSPS) is 24.4. The van der Waals surface area contributed by atoms with Crippen LogP contribution < -0.4 is 11.2 Å². The monoisotopic (exact) mass is 339 g/mol. The van der Waals surface area contributed by atoms with E-state index in [9.17, 15) is 22.8 Å². The minimum absolute atomic E-state index is 0.0180. The van der Waals surface area contributed by atoms with Crippen molar-refractivity contribution < 1.29 is 18.0 Å². The van der Waals surface area contributed by atoms with Crippen molar-refractivity contribution in [2.75, 3.05) is 0 Å². The van der Waals surface area contributed by atoms with E-state index in [1.165, 1.54) is 25.3 Å². The third-order valence-electron chi connectivity index (χ3n) is 4.86. The van der Waals surface area contributed by atoms with Crippen LogP contribution in [0.25, 0.3) is 10.9 Å². The summed E-state index contributed by atoms with van der Waals surface area (Å²) in [7, 11) is 0. The number of hydrogen-bond donors (Lipinski definition) is 2. The number of rotatable bonds is 2. The molecule has 0 saturated heterocycles. The summed E-state index contributed by atoms with van der Waals surface area (Å²) in [5.74, 6) is -1.22. The maximum absolute atomic E-state index is 13.2. The van der Waals surface area contributed by atoms with E-state index in [0.29, 0.717) is 17.6 Å². The van der Waals surface area contributed by atoms with E-state index in [1.807, 2.05) is 0 Å². The Morgan fingerprint density at radius 2 is 2.17 bits per heavy atom. The summed E-state index contributed by atoms with van der Waals surface area (Å²) in [6.45, 7) is 1.21. The molecule has 128 valence electrons. The van der Waals surface area contributed by atoms with Gasteiger partial charge in [-0.3, -0.25) is 14.6 Å². The van der Waals surface area contributed by atoms with E-state index in [-0.39, 0.29) is 29.8 Å². The number of carbonyl (C=O) groups is 1. The molecule has 5 nitrogen and oxygen atoms in total. The molecule has 2 atom stereocenters. The number of hydrogen-bond acceptors (Lipinski definition) is 3. The van der Waals surface area contributed by atoms with E-state index in [0.717, 1.165) is 0 Å². The van der Waals surface area contributed by atoms with Crippen LogP contribution in [0.2, 0.25) is 0 Å². The van der Waals surface area contributed by atoms with Crippen molar-refractivity contribution in [3.8, 4) is 0 Å². The quantitative estimate of drug-likeness (QED) is 0.882. The Balaban J connectivity index is 2.05. The van der Waals surface area contributed by atoms with E-state index >= 15 is 0 Å². The molecule has 8 heteroatoms. The van der Waals surface area contributed by atoms with Crippen molar-refractivity contribution in [2.45, 2.75) is 38.3 Å². The highest BCUT2D eigenvalue weighted by Crippen LogP contribution is 2.54. The molecule has 0 bridgehead atoms. The number of aromatic nitrogens is 2. The Bertz CT molecular complexity index is 875. The first-order valence-electron chi connectivity index (χ1n) is 7.51. The molecule has 0 spiro atoms. The van der Waals surface area contributed by atoms with Crippen molar-refractivity contribution in [2.24, 2.45) is 11.1 Å². The van der Waals surface area contributed by atoms with Crippen LogP contribution in [-0.4, -0.2) is 22.1 Å². The number of carbonyl (C=O) groups excluding carboxylic acids is 1. The van der Waals surface area contributed by atoms with Crippen molar-refractivity contribution in [1.82, 2.24) is 9.97 Å². The number of pyridine rings is 2. The predicted molar refractivity (Wildman–Crippen MR) is 81.6 cm³/mol. The largest absolute Gasteiger partial charge is 0.394 e. The van der Waals surface area contributed by atoms with E-state index in [1.54, 1.807) is 0 Å². The van der Waals surface area contributed by atoms with Gasteiger partial charge in [-0.1, -0.05) is 6.92 Å². The van der Waals surface area contributed by atoms with Gasteiger partial charge >= 0.3 is 6.18 Å². The number of halogens is 3. The van der Waals surface area contributed by atoms with Gasteiger partial charge < -0.3 is 10.7 Å². The Hall–Kier alpha value is -2.38. The molecule has 24 heavy (non-hydrogen) atoms. The lowest BCUT2D eigenvalue weighted by molar-refractivity contribution is -0.215. The zero-order valence-electron chi connectivity index (χ0n) is 12.9. The Labute approximate surface area is 135 Å². The van der Waals surface area contributed by atoms with Gasteiger partial charge in [-0.2, -0.15) is 13.2 Å². The summed E-state index contributed by atoms with van der Waals surface area (Å²) in [4.78, 5) is 30.5. The third-order valence-corrected chi connectivity index (χ3v) is 4.86. The van der Waals surface area contributed by atoms with Gasteiger partial charge in [0.1, 0.15) is 5.69 Å². The summed E-state index contributed by atoms with van der Waals surface area (Å²) in [6, 6.07) is 2.76. The number of primary amides is 1. The predicted octanol–water partition coefficient (Wildman–Crippen LogP) is 2.86. The maximum atomic E-state index is 13.2. The number of nitrogens with two attached hydrogens (primary N) is 1. The molecule has 3 N–H and O–H groups in total. The fraction of sp³-hybridized carbons (Fsp3) is 0.438. The Morgan fingerprint density at radius 1 is 1.46 bits per heavy atom. The highest BCUT2D eigenvalue weighted by molar-refractivity contribution is 6.03.